The number of ether oxygens (including phenoxy) is 2. The smallest absolute Gasteiger partial charge is 0.279 e. The summed E-state index contributed by atoms with van der Waals surface area (Å²) in [7, 11) is -1.78. The number of morpholine rings is 1. The van der Waals surface area contributed by atoms with Gasteiger partial charge in [0.1, 0.15) is 0 Å². The van der Waals surface area contributed by atoms with Crippen molar-refractivity contribution >= 4 is 10.2 Å². The van der Waals surface area contributed by atoms with Gasteiger partial charge in [-0.15, -0.1) is 0 Å². The highest BCUT2D eigenvalue weighted by Crippen LogP contribution is 2.13. The molecule has 1 aliphatic rings. The van der Waals surface area contributed by atoms with Crippen molar-refractivity contribution in [3.8, 4) is 0 Å². The Bertz CT molecular complexity index is 310. The number of nitrogens with zero attached hydrogens (tertiary/aromatic N) is 1. The van der Waals surface area contributed by atoms with E-state index in [1.807, 2.05) is 13.8 Å². The van der Waals surface area contributed by atoms with Gasteiger partial charge in [-0.1, -0.05) is 0 Å². The summed E-state index contributed by atoms with van der Waals surface area (Å²) in [6.45, 7) is 5.52. The zero-order valence-corrected chi connectivity index (χ0v) is 11.5. The zero-order valence-electron chi connectivity index (χ0n) is 10.7. The van der Waals surface area contributed by atoms with Crippen LogP contribution in [0.15, 0.2) is 0 Å². The lowest BCUT2D eigenvalue weighted by molar-refractivity contribution is -0.0443. The molecule has 1 aliphatic heterocycles. The SMILES string of the molecule is COCCCNS(=O)(=O)N1C[C@@H](C)O[C@@H](C)C1. The maximum Gasteiger partial charge on any atom is 0.279 e. The van der Waals surface area contributed by atoms with E-state index >= 15 is 0 Å². The molecule has 0 aliphatic carbocycles. The highest BCUT2D eigenvalue weighted by molar-refractivity contribution is 7.87. The summed E-state index contributed by atoms with van der Waals surface area (Å²) >= 11 is 0. The van der Waals surface area contributed by atoms with Gasteiger partial charge in [0.05, 0.1) is 12.2 Å². The monoisotopic (exact) mass is 266 g/mol. The third-order valence-electron chi connectivity index (χ3n) is 2.54. The van der Waals surface area contributed by atoms with Crippen molar-refractivity contribution in [2.75, 3.05) is 33.4 Å². The van der Waals surface area contributed by atoms with Crippen LogP contribution in [0.2, 0.25) is 0 Å². The van der Waals surface area contributed by atoms with E-state index < -0.39 is 10.2 Å². The van der Waals surface area contributed by atoms with Crippen LogP contribution in [-0.4, -0.2) is 58.3 Å². The Morgan fingerprint density at radius 2 is 1.94 bits per heavy atom. The molecule has 17 heavy (non-hydrogen) atoms. The number of hydrogen-bond acceptors (Lipinski definition) is 4. The molecule has 102 valence electrons. The summed E-state index contributed by atoms with van der Waals surface area (Å²) < 4.78 is 38.3. The van der Waals surface area contributed by atoms with Crippen LogP contribution >= 0.6 is 0 Å². The minimum atomic E-state index is -3.38. The van der Waals surface area contributed by atoms with Gasteiger partial charge in [-0.2, -0.15) is 12.7 Å². The van der Waals surface area contributed by atoms with Crippen LogP contribution in [0.3, 0.4) is 0 Å². The highest BCUT2D eigenvalue weighted by Gasteiger charge is 2.30. The minimum Gasteiger partial charge on any atom is -0.385 e. The molecule has 0 unspecified atom stereocenters. The summed E-state index contributed by atoms with van der Waals surface area (Å²) in [5.41, 5.74) is 0. The first-order valence-corrected chi connectivity index (χ1v) is 7.29. The lowest BCUT2D eigenvalue weighted by Crippen LogP contribution is -2.52. The van der Waals surface area contributed by atoms with Crippen LogP contribution in [0.25, 0.3) is 0 Å². The molecular weight excluding hydrogens is 244 g/mol. The van der Waals surface area contributed by atoms with E-state index in [1.54, 1.807) is 7.11 Å². The van der Waals surface area contributed by atoms with Gasteiger partial charge in [0.15, 0.2) is 0 Å². The standard InChI is InChI=1S/C10H22N2O4S/c1-9-7-12(8-10(2)16-9)17(13,14)11-5-4-6-15-3/h9-11H,4-8H2,1-3H3/t9-,10+. The van der Waals surface area contributed by atoms with Crippen molar-refractivity contribution in [2.45, 2.75) is 32.5 Å². The predicted octanol–water partition coefficient (Wildman–Crippen LogP) is -0.0335. The van der Waals surface area contributed by atoms with Crippen molar-refractivity contribution in [1.29, 1.82) is 0 Å². The highest BCUT2D eigenvalue weighted by atomic mass is 32.2. The molecule has 1 N–H and O–H groups in total. The molecule has 0 bridgehead atoms. The zero-order chi connectivity index (χ0) is 12.9. The molecule has 2 atom stereocenters. The second-order valence-corrected chi connectivity index (χ2v) is 6.08. The van der Waals surface area contributed by atoms with Gasteiger partial charge < -0.3 is 9.47 Å². The largest absolute Gasteiger partial charge is 0.385 e. The van der Waals surface area contributed by atoms with Crippen molar-refractivity contribution < 1.29 is 17.9 Å². The molecule has 1 rings (SSSR count). The molecular formula is C10H22N2O4S. The van der Waals surface area contributed by atoms with Gasteiger partial charge >= 0.3 is 0 Å². The second kappa shape index (κ2) is 6.65. The van der Waals surface area contributed by atoms with Crippen LogP contribution in [0.1, 0.15) is 20.3 Å². The van der Waals surface area contributed by atoms with Crippen molar-refractivity contribution in [3.63, 3.8) is 0 Å². The maximum absolute atomic E-state index is 12.0. The molecule has 0 aromatic carbocycles. The number of methoxy groups -OCH3 is 1. The molecule has 0 radical (unpaired) electrons. The molecule has 0 aromatic heterocycles. The van der Waals surface area contributed by atoms with Crippen LogP contribution < -0.4 is 4.72 Å². The van der Waals surface area contributed by atoms with Gasteiger partial charge in [0.25, 0.3) is 10.2 Å². The van der Waals surface area contributed by atoms with E-state index in [1.165, 1.54) is 4.31 Å². The van der Waals surface area contributed by atoms with Gasteiger partial charge in [-0.25, -0.2) is 4.72 Å². The first-order chi connectivity index (χ1) is 7.95. The molecule has 7 heteroatoms. The average Bonchev–Trinajstić information content (AvgIpc) is 2.23. The van der Waals surface area contributed by atoms with E-state index in [-0.39, 0.29) is 12.2 Å². The molecule has 1 saturated heterocycles. The van der Waals surface area contributed by atoms with E-state index in [4.69, 9.17) is 9.47 Å². The van der Waals surface area contributed by atoms with Crippen LogP contribution in [0, 0.1) is 0 Å². The molecule has 1 fully saturated rings. The fraction of sp³-hybridized carbons (Fsp3) is 1.00. The number of rotatable bonds is 6. The Labute approximate surface area is 103 Å². The van der Waals surface area contributed by atoms with E-state index in [2.05, 4.69) is 4.72 Å². The van der Waals surface area contributed by atoms with E-state index in [0.29, 0.717) is 32.7 Å². The lowest BCUT2D eigenvalue weighted by atomic mass is 10.3. The van der Waals surface area contributed by atoms with Gasteiger partial charge in [-0.3, -0.25) is 0 Å². The van der Waals surface area contributed by atoms with Crippen LogP contribution in [-0.2, 0) is 19.7 Å². The number of hydrogen-bond donors (Lipinski definition) is 1. The summed E-state index contributed by atoms with van der Waals surface area (Å²) in [5.74, 6) is 0. The molecule has 1 heterocycles. The molecule has 0 spiro atoms. The second-order valence-electron chi connectivity index (χ2n) is 4.32. The Morgan fingerprint density at radius 1 is 1.35 bits per heavy atom. The van der Waals surface area contributed by atoms with Gasteiger partial charge in [-0.05, 0) is 20.3 Å². The average molecular weight is 266 g/mol. The topological polar surface area (TPSA) is 67.9 Å². The Hall–Kier alpha value is -0.210. The Kier molecular flexibility index (Phi) is 5.81. The van der Waals surface area contributed by atoms with Gasteiger partial charge in [0.2, 0.25) is 0 Å². The molecule has 6 nitrogen and oxygen atoms in total. The van der Waals surface area contributed by atoms with Crippen molar-refractivity contribution in [3.05, 3.63) is 0 Å². The molecule has 0 amide bonds. The number of nitrogens with one attached hydrogen (secondary N) is 1. The summed E-state index contributed by atoms with van der Waals surface area (Å²) in [4.78, 5) is 0. The maximum atomic E-state index is 12.0. The lowest BCUT2D eigenvalue weighted by Gasteiger charge is -2.34. The van der Waals surface area contributed by atoms with E-state index in [9.17, 15) is 8.42 Å². The first-order valence-electron chi connectivity index (χ1n) is 5.85. The Morgan fingerprint density at radius 3 is 2.47 bits per heavy atom. The third-order valence-corrected chi connectivity index (χ3v) is 4.08. The molecule has 0 saturated carbocycles. The van der Waals surface area contributed by atoms with E-state index in [0.717, 1.165) is 0 Å². The Balaban J connectivity index is 2.45. The minimum absolute atomic E-state index is 0.0608. The first kappa shape index (κ1) is 14.8. The van der Waals surface area contributed by atoms with Crippen LogP contribution in [0.5, 0.6) is 0 Å². The third kappa shape index (κ3) is 4.89. The molecule has 0 aromatic rings. The van der Waals surface area contributed by atoms with Crippen molar-refractivity contribution in [1.82, 2.24) is 9.03 Å². The fourth-order valence-corrected chi connectivity index (χ4v) is 3.23. The van der Waals surface area contributed by atoms with Gasteiger partial charge in [0, 0.05) is 33.4 Å². The quantitative estimate of drug-likeness (QED) is 0.685. The van der Waals surface area contributed by atoms with Crippen LogP contribution in [0.4, 0.5) is 0 Å². The summed E-state index contributed by atoms with van der Waals surface area (Å²) in [5, 5.41) is 0. The predicted molar refractivity (Wildman–Crippen MR) is 65.0 cm³/mol. The summed E-state index contributed by atoms with van der Waals surface area (Å²) in [6, 6.07) is 0. The normalized spacial score (nSPS) is 27.2. The summed E-state index contributed by atoms with van der Waals surface area (Å²) in [6.07, 6.45) is 0.550. The van der Waals surface area contributed by atoms with Crippen molar-refractivity contribution in [2.24, 2.45) is 0 Å². The fourth-order valence-electron chi connectivity index (χ4n) is 1.84.